The first kappa shape index (κ1) is 22.1. The third-order valence-electron chi connectivity index (χ3n) is 7.03. The molecule has 0 fully saturated rings. The van der Waals surface area contributed by atoms with Crippen LogP contribution in [0, 0.1) is 0 Å². The van der Waals surface area contributed by atoms with Crippen LogP contribution in [0.1, 0.15) is 44.4 Å². The number of aliphatic hydroxyl groups is 1. The van der Waals surface area contributed by atoms with Crippen LogP contribution in [-0.4, -0.2) is 19.5 Å². The standard InChI is InChI=1S/C30H32O2Si/c1-30(2,3)33(26-14-6-4-7-15-26,27-16-8-5-9-17-27)32-29-21-25(31)19-24-18-22-12-10-11-13-23(22)20-28(24)29/h4-18,20,25,29,31H,19,21H2,1-3H3. The molecule has 2 unspecified atom stereocenters. The van der Waals surface area contributed by atoms with Gasteiger partial charge in [0.1, 0.15) is 0 Å². The van der Waals surface area contributed by atoms with E-state index in [0.29, 0.717) is 12.8 Å². The topological polar surface area (TPSA) is 29.5 Å². The fraction of sp³-hybridized carbons (Fsp3) is 0.267. The molecule has 0 saturated heterocycles. The molecule has 1 aliphatic rings. The second-order valence-corrected chi connectivity index (χ2v) is 14.5. The van der Waals surface area contributed by atoms with E-state index >= 15 is 0 Å². The Morgan fingerprint density at radius 2 is 1.27 bits per heavy atom. The molecular weight excluding hydrogens is 420 g/mol. The van der Waals surface area contributed by atoms with Crippen LogP contribution in [0.15, 0.2) is 97.1 Å². The van der Waals surface area contributed by atoms with Gasteiger partial charge in [0, 0.05) is 6.42 Å². The maximum atomic E-state index is 10.9. The van der Waals surface area contributed by atoms with Gasteiger partial charge in [-0.15, -0.1) is 0 Å². The Labute approximate surface area is 198 Å². The van der Waals surface area contributed by atoms with Gasteiger partial charge < -0.3 is 9.53 Å². The van der Waals surface area contributed by atoms with Crippen molar-refractivity contribution in [3.05, 3.63) is 108 Å². The maximum Gasteiger partial charge on any atom is 0.261 e. The van der Waals surface area contributed by atoms with Crippen LogP contribution < -0.4 is 10.4 Å². The smallest absolute Gasteiger partial charge is 0.261 e. The first-order valence-corrected chi connectivity index (χ1v) is 13.8. The molecule has 5 rings (SSSR count). The average molecular weight is 453 g/mol. The van der Waals surface area contributed by atoms with Crippen molar-refractivity contribution in [3.8, 4) is 0 Å². The van der Waals surface area contributed by atoms with Gasteiger partial charge in [-0.25, -0.2) is 0 Å². The highest BCUT2D eigenvalue weighted by Gasteiger charge is 2.52. The Balaban J connectivity index is 1.71. The summed E-state index contributed by atoms with van der Waals surface area (Å²) in [6.45, 7) is 6.92. The molecule has 168 valence electrons. The van der Waals surface area contributed by atoms with Gasteiger partial charge in [-0.3, -0.25) is 0 Å². The number of fused-ring (bicyclic) bond motifs is 2. The van der Waals surface area contributed by atoms with Crippen LogP contribution >= 0.6 is 0 Å². The zero-order chi connectivity index (χ0) is 23.1. The molecule has 0 heterocycles. The van der Waals surface area contributed by atoms with Gasteiger partial charge in [-0.1, -0.05) is 112 Å². The van der Waals surface area contributed by atoms with Gasteiger partial charge in [0.05, 0.1) is 12.2 Å². The molecule has 2 atom stereocenters. The average Bonchev–Trinajstić information content (AvgIpc) is 2.81. The van der Waals surface area contributed by atoms with Gasteiger partial charge in [0.25, 0.3) is 8.32 Å². The normalized spacial score (nSPS) is 18.8. The second kappa shape index (κ2) is 8.57. The fourth-order valence-electron chi connectivity index (χ4n) is 5.51. The van der Waals surface area contributed by atoms with Crippen molar-refractivity contribution >= 4 is 29.5 Å². The van der Waals surface area contributed by atoms with Gasteiger partial charge >= 0.3 is 0 Å². The molecule has 0 aromatic heterocycles. The lowest BCUT2D eigenvalue weighted by Gasteiger charge is -2.46. The summed E-state index contributed by atoms with van der Waals surface area (Å²) in [6.07, 6.45) is 0.748. The first-order chi connectivity index (χ1) is 15.9. The summed E-state index contributed by atoms with van der Waals surface area (Å²) >= 11 is 0. The minimum atomic E-state index is -2.71. The van der Waals surface area contributed by atoms with Crippen LogP contribution in [0.25, 0.3) is 10.8 Å². The summed E-state index contributed by atoms with van der Waals surface area (Å²) in [6, 6.07) is 34.5. The molecule has 0 bridgehead atoms. The zero-order valence-electron chi connectivity index (χ0n) is 19.7. The molecule has 0 amide bonds. The van der Waals surface area contributed by atoms with Crippen LogP contribution in [0.4, 0.5) is 0 Å². The zero-order valence-corrected chi connectivity index (χ0v) is 20.7. The highest BCUT2D eigenvalue weighted by molar-refractivity contribution is 6.99. The molecule has 3 heteroatoms. The van der Waals surface area contributed by atoms with Gasteiger partial charge in [-0.05, 0) is 49.8 Å². The third kappa shape index (κ3) is 3.95. The monoisotopic (exact) mass is 452 g/mol. The first-order valence-electron chi connectivity index (χ1n) is 11.9. The maximum absolute atomic E-state index is 10.9. The molecular formula is C30H32O2Si. The predicted molar refractivity (Wildman–Crippen MR) is 140 cm³/mol. The van der Waals surface area contributed by atoms with E-state index in [2.05, 4.69) is 118 Å². The fourth-order valence-corrected chi connectivity index (χ4v) is 10.2. The lowest BCUT2D eigenvalue weighted by atomic mass is 9.86. The van der Waals surface area contributed by atoms with Gasteiger partial charge in [0.2, 0.25) is 0 Å². The highest BCUT2D eigenvalue weighted by Crippen LogP contribution is 2.43. The second-order valence-electron chi connectivity index (χ2n) is 10.3. The van der Waals surface area contributed by atoms with Crippen molar-refractivity contribution in [1.29, 1.82) is 0 Å². The minimum Gasteiger partial charge on any atom is -0.400 e. The lowest BCUT2D eigenvalue weighted by molar-refractivity contribution is 0.0766. The number of hydrogen-bond acceptors (Lipinski definition) is 2. The molecule has 0 aliphatic heterocycles. The van der Waals surface area contributed by atoms with Crippen LogP contribution in [0.5, 0.6) is 0 Å². The summed E-state index contributed by atoms with van der Waals surface area (Å²) in [7, 11) is -2.71. The minimum absolute atomic E-state index is 0.102. The number of benzene rings is 4. The number of hydrogen-bond donors (Lipinski definition) is 1. The van der Waals surface area contributed by atoms with Gasteiger partial charge in [0.15, 0.2) is 0 Å². The van der Waals surface area contributed by atoms with Crippen molar-refractivity contribution in [2.24, 2.45) is 0 Å². The molecule has 1 aliphatic carbocycles. The Morgan fingerprint density at radius 1 is 0.758 bits per heavy atom. The predicted octanol–water partition coefficient (Wildman–Crippen LogP) is 5.76. The Hall–Kier alpha value is -2.72. The van der Waals surface area contributed by atoms with E-state index in [1.54, 1.807) is 0 Å². The van der Waals surface area contributed by atoms with E-state index in [1.165, 1.54) is 32.3 Å². The Bertz CT molecular complexity index is 1210. The van der Waals surface area contributed by atoms with Crippen LogP contribution in [0.2, 0.25) is 5.04 Å². The molecule has 0 spiro atoms. The largest absolute Gasteiger partial charge is 0.400 e. The quantitative estimate of drug-likeness (QED) is 0.399. The SMILES string of the molecule is CC(C)(C)[Si](OC1CC(O)Cc2cc3ccccc3cc21)(c1ccccc1)c1ccccc1. The molecule has 33 heavy (non-hydrogen) atoms. The van der Waals surface area contributed by atoms with Crippen molar-refractivity contribution in [2.75, 3.05) is 0 Å². The van der Waals surface area contributed by atoms with Crippen molar-refractivity contribution < 1.29 is 9.53 Å². The summed E-state index contributed by atoms with van der Waals surface area (Å²) in [4.78, 5) is 0. The number of rotatable bonds is 4. The van der Waals surface area contributed by atoms with Crippen molar-refractivity contribution in [3.63, 3.8) is 0 Å². The van der Waals surface area contributed by atoms with Crippen LogP contribution in [0.3, 0.4) is 0 Å². The van der Waals surface area contributed by atoms with E-state index < -0.39 is 14.4 Å². The van der Waals surface area contributed by atoms with E-state index in [1.807, 2.05) is 0 Å². The van der Waals surface area contributed by atoms with E-state index in [4.69, 9.17) is 4.43 Å². The Kier molecular flexibility index (Phi) is 5.73. The Morgan fingerprint density at radius 3 is 1.82 bits per heavy atom. The summed E-state index contributed by atoms with van der Waals surface area (Å²) in [5, 5.41) is 15.8. The molecule has 4 aromatic rings. The van der Waals surface area contributed by atoms with E-state index in [0.717, 1.165) is 0 Å². The van der Waals surface area contributed by atoms with Crippen LogP contribution in [-0.2, 0) is 10.8 Å². The summed E-state index contributed by atoms with van der Waals surface area (Å²) in [5.41, 5.74) is 2.43. The van der Waals surface area contributed by atoms with Crippen molar-refractivity contribution in [1.82, 2.24) is 0 Å². The molecule has 0 radical (unpaired) electrons. The summed E-state index contributed by atoms with van der Waals surface area (Å²) in [5.74, 6) is 0. The third-order valence-corrected chi connectivity index (χ3v) is 12.1. The lowest BCUT2D eigenvalue weighted by Crippen LogP contribution is -2.67. The molecule has 2 nitrogen and oxygen atoms in total. The molecule has 0 saturated carbocycles. The van der Waals surface area contributed by atoms with E-state index in [-0.39, 0.29) is 11.1 Å². The van der Waals surface area contributed by atoms with E-state index in [9.17, 15) is 5.11 Å². The molecule has 1 N–H and O–H groups in total. The summed E-state index contributed by atoms with van der Waals surface area (Å²) < 4.78 is 7.44. The highest BCUT2D eigenvalue weighted by atomic mass is 28.4. The number of aliphatic hydroxyl groups excluding tert-OH is 1. The van der Waals surface area contributed by atoms with Gasteiger partial charge in [-0.2, -0.15) is 0 Å². The van der Waals surface area contributed by atoms with Crippen molar-refractivity contribution in [2.45, 2.75) is 50.9 Å². The molecule has 4 aromatic carbocycles.